The summed E-state index contributed by atoms with van der Waals surface area (Å²) >= 11 is 0. The molecule has 0 saturated heterocycles. The molecule has 0 unspecified atom stereocenters. The Bertz CT molecular complexity index is 232. The van der Waals surface area contributed by atoms with Crippen LogP contribution in [0, 0.1) is 0 Å². The van der Waals surface area contributed by atoms with Crippen molar-refractivity contribution >= 4 is 12.0 Å². The molecule has 0 heterocycles. The van der Waals surface area contributed by atoms with Gasteiger partial charge in [-0.05, 0) is 20.3 Å². The predicted octanol–water partition coefficient (Wildman–Crippen LogP) is 1.36. The SMILES string of the molecule is CCCCCOCC(=O)NNC(=O)OC(C)C. The summed E-state index contributed by atoms with van der Waals surface area (Å²) in [6.45, 7) is 6.02. The Hall–Kier alpha value is -1.30. The van der Waals surface area contributed by atoms with Crippen LogP contribution in [0.4, 0.5) is 4.79 Å². The highest BCUT2D eigenvalue weighted by atomic mass is 16.6. The highest BCUT2D eigenvalue weighted by Crippen LogP contribution is 1.93. The Morgan fingerprint density at radius 3 is 2.47 bits per heavy atom. The van der Waals surface area contributed by atoms with Gasteiger partial charge in [-0.2, -0.15) is 0 Å². The lowest BCUT2D eigenvalue weighted by Crippen LogP contribution is -2.44. The first-order valence-electron chi connectivity index (χ1n) is 5.89. The van der Waals surface area contributed by atoms with Gasteiger partial charge in [-0.25, -0.2) is 10.2 Å². The molecule has 2 amide bonds. The van der Waals surface area contributed by atoms with Crippen LogP contribution in [0.25, 0.3) is 0 Å². The third kappa shape index (κ3) is 11.0. The van der Waals surface area contributed by atoms with Crippen LogP contribution in [0.2, 0.25) is 0 Å². The highest BCUT2D eigenvalue weighted by molar-refractivity contribution is 5.79. The summed E-state index contributed by atoms with van der Waals surface area (Å²) in [5.74, 6) is -0.401. The molecule has 6 nitrogen and oxygen atoms in total. The molecular weight excluding hydrogens is 224 g/mol. The number of hydrazine groups is 1. The topological polar surface area (TPSA) is 76.7 Å². The van der Waals surface area contributed by atoms with E-state index in [9.17, 15) is 9.59 Å². The molecule has 17 heavy (non-hydrogen) atoms. The number of hydrogen-bond donors (Lipinski definition) is 2. The molecule has 0 atom stereocenters. The average molecular weight is 246 g/mol. The van der Waals surface area contributed by atoms with E-state index in [0.29, 0.717) is 6.61 Å². The second-order valence-corrected chi connectivity index (χ2v) is 3.89. The first-order chi connectivity index (χ1) is 8.06. The van der Waals surface area contributed by atoms with E-state index in [1.165, 1.54) is 0 Å². The fourth-order valence-corrected chi connectivity index (χ4v) is 1.02. The summed E-state index contributed by atoms with van der Waals surface area (Å²) in [5, 5.41) is 0. The van der Waals surface area contributed by atoms with E-state index < -0.39 is 12.0 Å². The Morgan fingerprint density at radius 1 is 1.18 bits per heavy atom. The molecule has 0 saturated carbocycles. The lowest BCUT2D eigenvalue weighted by Gasteiger charge is -2.10. The van der Waals surface area contributed by atoms with Gasteiger partial charge in [0, 0.05) is 6.61 Å². The number of rotatable bonds is 7. The molecule has 0 bridgehead atoms. The van der Waals surface area contributed by atoms with E-state index in [0.717, 1.165) is 19.3 Å². The highest BCUT2D eigenvalue weighted by Gasteiger charge is 2.06. The second kappa shape index (κ2) is 9.89. The van der Waals surface area contributed by atoms with Gasteiger partial charge < -0.3 is 9.47 Å². The van der Waals surface area contributed by atoms with E-state index in [2.05, 4.69) is 17.8 Å². The van der Waals surface area contributed by atoms with Crippen LogP contribution in [0.15, 0.2) is 0 Å². The van der Waals surface area contributed by atoms with E-state index in [-0.39, 0.29) is 12.7 Å². The number of hydrogen-bond acceptors (Lipinski definition) is 4. The van der Waals surface area contributed by atoms with Crippen molar-refractivity contribution in [3.05, 3.63) is 0 Å². The standard InChI is InChI=1S/C11H22N2O4/c1-4-5-6-7-16-8-10(14)12-13-11(15)17-9(2)3/h9H,4-8H2,1-3H3,(H,12,14)(H,13,15). The number of unbranched alkanes of at least 4 members (excludes halogenated alkanes) is 2. The number of amides is 2. The maximum absolute atomic E-state index is 11.2. The smallest absolute Gasteiger partial charge is 0.426 e. The van der Waals surface area contributed by atoms with Crippen molar-refractivity contribution in [3.63, 3.8) is 0 Å². The van der Waals surface area contributed by atoms with E-state index >= 15 is 0 Å². The van der Waals surface area contributed by atoms with Crippen LogP contribution in [0.1, 0.15) is 40.0 Å². The van der Waals surface area contributed by atoms with Crippen molar-refractivity contribution in [1.82, 2.24) is 10.9 Å². The Kier molecular flexibility index (Phi) is 9.14. The van der Waals surface area contributed by atoms with Gasteiger partial charge in [0.25, 0.3) is 5.91 Å². The van der Waals surface area contributed by atoms with Crippen LogP contribution >= 0.6 is 0 Å². The molecule has 0 spiro atoms. The van der Waals surface area contributed by atoms with Crippen molar-refractivity contribution in [2.45, 2.75) is 46.1 Å². The molecule has 0 aliphatic heterocycles. The molecule has 2 N–H and O–H groups in total. The van der Waals surface area contributed by atoms with E-state index in [1.54, 1.807) is 13.8 Å². The maximum atomic E-state index is 11.2. The molecule has 0 fully saturated rings. The molecule has 0 aliphatic carbocycles. The van der Waals surface area contributed by atoms with Gasteiger partial charge in [0.2, 0.25) is 0 Å². The van der Waals surface area contributed by atoms with Crippen molar-refractivity contribution < 1.29 is 19.1 Å². The fraction of sp³-hybridized carbons (Fsp3) is 0.818. The van der Waals surface area contributed by atoms with Crippen molar-refractivity contribution in [1.29, 1.82) is 0 Å². The summed E-state index contributed by atoms with van der Waals surface area (Å²) < 4.78 is 9.86. The van der Waals surface area contributed by atoms with E-state index in [1.807, 2.05) is 0 Å². The monoisotopic (exact) mass is 246 g/mol. The van der Waals surface area contributed by atoms with Gasteiger partial charge in [-0.1, -0.05) is 19.8 Å². The molecular formula is C11H22N2O4. The molecule has 0 radical (unpaired) electrons. The number of nitrogens with one attached hydrogen (secondary N) is 2. The largest absolute Gasteiger partial charge is 0.446 e. The number of ether oxygens (including phenoxy) is 2. The summed E-state index contributed by atoms with van der Waals surface area (Å²) in [6.07, 6.45) is 2.22. The quantitative estimate of drug-likeness (QED) is 0.525. The lowest BCUT2D eigenvalue weighted by molar-refractivity contribution is -0.126. The molecule has 0 aliphatic rings. The van der Waals surface area contributed by atoms with Gasteiger partial charge in [0.1, 0.15) is 6.61 Å². The predicted molar refractivity (Wildman–Crippen MR) is 63.2 cm³/mol. The molecule has 6 heteroatoms. The lowest BCUT2D eigenvalue weighted by atomic mass is 10.3. The van der Waals surface area contributed by atoms with Crippen LogP contribution < -0.4 is 10.9 Å². The summed E-state index contributed by atoms with van der Waals surface area (Å²) in [6, 6.07) is 0. The zero-order valence-corrected chi connectivity index (χ0v) is 10.7. The van der Waals surface area contributed by atoms with Crippen LogP contribution in [-0.4, -0.2) is 31.3 Å². The van der Waals surface area contributed by atoms with Crippen LogP contribution in [0.5, 0.6) is 0 Å². The normalized spacial score (nSPS) is 10.1. The first kappa shape index (κ1) is 15.7. The Balaban J connectivity index is 3.43. The minimum absolute atomic E-state index is 0.0638. The van der Waals surface area contributed by atoms with Gasteiger partial charge in [-0.15, -0.1) is 0 Å². The van der Waals surface area contributed by atoms with E-state index in [4.69, 9.17) is 9.47 Å². The van der Waals surface area contributed by atoms with Gasteiger partial charge >= 0.3 is 6.09 Å². The van der Waals surface area contributed by atoms with Crippen LogP contribution in [0.3, 0.4) is 0 Å². The van der Waals surface area contributed by atoms with Gasteiger partial charge in [-0.3, -0.25) is 10.2 Å². The molecule has 0 aromatic rings. The minimum Gasteiger partial charge on any atom is -0.446 e. The summed E-state index contributed by atoms with van der Waals surface area (Å²) in [4.78, 5) is 22.1. The Morgan fingerprint density at radius 2 is 1.88 bits per heavy atom. The third-order valence-corrected chi connectivity index (χ3v) is 1.77. The molecule has 100 valence electrons. The summed E-state index contributed by atoms with van der Waals surface area (Å²) in [5.41, 5.74) is 4.32. The van der Waals surface area contributed by atoms with Crippen molar-refractivity contribution in [2.24, 2.45) is 0 Å². The van der Waals surface area contributed by atoms with Gasteiger partial charge in [0.15, 0.2) is 0 Å². The Labute approximate surface area is 102 Å². The maximum Gasteiger partial charge on any atom is 0.426 e. The molecule has 0 aromatic carbocycles. The molecule has 0 rings (SSSR count). The third-order valence-electron chi connectivity index (χ3n) is 1.77. The zero-order chi connectivity index (χ0) is 13.1. The average Bonchev–Trinajstić information content (AvgIpc) is 2.25. The number of carbonyl (C=O) groups is 2. The van der Waals surface area contributed by atoms with Gasteiger partial charge in [0.05, 0.1) is 6.10 Å². The van der Waals surface area contributed by atoms with Crippen molar-refractivity contribution in [2.75, 3.05) is 13.2 Å². The number of carbonyl (C=O) groups excluding carboxylic acids is 2. The first-order valence-corrected chi connectivity index (χ1v) is 5.89. The van der Waals surface area contributed by atoms with Crippen molar-refractivity contribution in [3.8, 4) is 0 Å². The summed E-state index contributed by atoms with van der Waals surface area (Å²) in [7, 11) is 0. The zero-order valence-electron chi connectivity index (χ0n) is 10.7. The fourth-order valence-electron chi connectivity index (χ4n) is 1.02. The minimum atomic E-state index is -0.681. The molecule has 0 aromatic heterocycles. The second-order valence-electron chi connectivity index (χ2n) is 3.89. The van der Waals surface area contributed by atoms with Crippen LogP contribution in [-0.2, 0) is 14.3 Å².